The SMILES string of the molecule is CC1CC1c1ccc(CNC(C)(C)CCO)o1. The van der Waals surface area contributed by atoms with Gasteiger partial charge in [-0.2, -0.15) is 0 Å². The van der Waals surface area contributed by atoms with E-state index in [0.717, 1.165) is 30.4 Å². The van der Waals surface area contributed by atoms with E-state index >= 15 is 0 Å². The minimum atomic E-state index is -0.0470. The lowest BCUT2D eigenvalue weighted by Crippen LogP contribution is -2.39. The highest BCUT2D eigenvalue weighted by molar-refractivity contribution is 5.17. The lowest BCUT2D eigenvalue weighted by molar-refractivity contribution is 0.226. The predicted molar refractivity (Wildman–Crippen MR) is 67.9 cm³/mol. The van der Waals surface area contributed by atoms with Crippen molar-refractivity contribution in [2.24, 2.45) is 5.92 Å². The quantitative estimate of drug-likeness (QED) is 0.799. The lowest BCUT2D eigenvalue weighted by atomic mass is 10.0. The first-order chi connectivity index (χ1) is 8.02. The molecule has 2 unspecified atom stereocenters. The molecule has 0 aliphatic heterocycles. The van der Waals surface area contributed by atoms with Crippen molar-refractivity contribution in [1.82, 2.24) is 5.32 Å². The Balaban J connectivity index is 1.85. The van der Waals surface area contributed by atoms with Crippen LogP contribution in [0.1, 0.15) is 51.1 Å². The molecule has 96 valence electrons. The summed E-state index contributed by atoms with van der Waals surface area (Å²) in [6.45, 7) is 7.39. The number of nitrogens with one attached hydrogen (secondary N) is 1. The van der Waals surface area contributed by atoms with Crippen molar-refractivity contribution >= 4 is 0 Å². The minimum Gasteiger partial charge on any atom is -0.464 e. The fourth-order valence-corrected chi connectivity index (χ4v) is 2.10. The van der Waals surface area contributed by atoms with Crippen LogP contribution < -0.4 is 5.32 Å². The van der Waals surface area contributed by atoms with E-state index in [0.29, 0.717) is 5.92 Å². The Morgan fingerprint density at radius 3 is 2.76 bits per heavy atom. The van der Waals surface area contributed by atoms with E-state index in [1.165, 1.54) is 6.42 Å². The van der Waals surface area contributed by atoms with Crippen LogP contribution in [-0.4, -0.2) is 17.3 Å². The van der Waals surface area contributed by atoms with E-state index in [4.69, 9.17) is 9.52 Å². The highest BCUT2D eigenvalue weighted by Crippen LogP contribution is 2.47. The summed E-state index contributed by atoms with van der Waals surface area (Å²) in [4.78, 5) is 0. The molecule has 3 nitrogen and oxygen atoms in total. The maximum absolute atomic E-state index is 8.95. The molecular formula is C14H23NO2. The molecule has 2 atom stereocenters. The van der Waals surface area contributed by atoms with E-state index in [1.807, 2.05) is 0 Å². The van der Waals surface area contributed by atoms with Gasteiger partial charge in [0.15, 0.2) is 0 Å². The molecule has 3 heteroatoms. The smallest absolute Gasteiger partial charge is 0.117 e. The Bertz CT molecular complexity index is 370. The summed E-state index contributed by atoms with van der Waals surface area (Å²) in [7, 11) is 0. The Morgan fingerprint density at radius 2 is 2.18 bits per heavy atom. The molecule has 0 radical (unpaired) electrons. The number of hydrogen-bond acceptors (Lipinski definition) is 3. The van der Waals surface area contributed by atoms with Crippen LogP contribution in [0.5, 0.6) is 0 Å². The Kier molecular flexibility index (Phi) is 3.59. The standard InChI is InChI=1S/C14H23NO2/c1-10-8-12(10)13-5-4-11(17-13)9-15-14(2,3)6-7-16/h4-5,10,12,15-16H,6-9H2,1-3H3. The van der Waals surface area contributed by atoms with E-state index in [-0.39, 0.29) is 12.1 Å². The van der Waals surface area contributed by atoms with Crippen molar-refractivity contribution in [2.45, 2.75) is 51.6 Å². The van der Waals surface area contributed by atoms with Crippen molar-refractivity contribution in [3.8, 4) is 0 Å². The zero-order valence-corrected chi connectivity index (χ0v) is 11.0. The first-order valence-electron chi connectivity index (χ1n) is 6.46. The zero-order valence-electron chi connectivity index (χ0n) is 11.0. The van der Waals surface area contributed by atoms with Crippen LogP contribution in [0.2, 0.25) is 0 Å². The third-order valence-electron chi connectivity index (χ3n) is 3.64. The predicted octanol–water partition coefficient (Wildman–Crippen LogP) is 2.65. The van der Waals surface area contributed by atoms with Gasteiger partial charge in [0.25, 0.3) is 0 Å². The Labute approximate surface area is 103 Å². The van der Waals surface area contributed by atoms with E-state index in [9.17, 15) is 0 Å². The molecule has 0 amide bonds. The molecule has 1 aromatic heterocycles. The molecule has 1 fully saturated rings. The molecule has 1 aliphatic carbocycles. The van der Waals surface area contributed by atoms with Crippen LogP contribution in [0.4, 0.5) is 0 Å². The van der Waals surface area contributed by atoms with Crippen molar-refractivity contribution < 1.29 is 9.52 Å². The van der Waals surface area contributed by atoms with Gasteiger partial charge in [0.1, 0.15) is 11.5 Å². The summed E-state index contributed by atoms with van der Waals surface area (Å²) in [5.74, 6) is 3.56. The van der Waals surface area contributed by atoms with Gasteiger partial charge in [-0.25, -0.2) is 0 Å². The van der Waals surface area contributed by atoms with E-state index in [2.05, 4.69) is 38.2 Å². The van der Waals surface area contributed by atoms with Gasteiger partial charge in [0.05, 0.1) is 6.54 Å². The number of hydrogen-bond donors (Lipinski definition) is 2. The summed E-state index contributed by atoms with van der Waals surface area (Å²) in [5.41, 5.74) is -0.0470. The molecule has 1 saturated carbocycles. The molecule has 2 rings (SSSR count). The Morgan fingerprint density at radius 1 is 1.47 bits per heavy atom. The molecule has 0 bridgehead atoms. The van der Waals surface area contributed by atoms with E-state index < -0.39 is 0 Å². The number of rotatable bonds is 6. The fraction of sp³-hybridized carbons (Fsp3) is 0.714. The van der Waals surface area contributed by atoms with Crippen LogP contribution in [0.3, 0.4) is 0 Å². The molecule has 2 N–H and O–H groups in total. The van der Waals surface area contributed by atoms with Crippen LogP contribution in [0, 0.1) is 5.92 Å². The van der Waals surface area contributed by atoms with Gasteiger partial charge in [0, 0.05) is 18.1 Å². The Hall–Kier alpha value is -0.800. The average molecular weight is 237 g/mol. The first-order valence-corrected chi connectivity index (χ1v) is 6.46. The number of furan rings is 1. The van der Waals surface area contributed by atoms with Gasteiger partial charge in [-0.1, -0.05) is 6.92 Å². The molecule has 1 aromatic rings. The second kappa shape index (κ2) is 4.83. The maximum Gasteiger partial charge on any atom is 0.117 e. The van der Waals surface area contributed by atoms with Crippen molar-refractivity contribution in [3.63, 3.8) is 0 Å². The normalized spacial score (nSPS) is 24.0. The molecule has 0 aromatic carbocycles. The topological polar surface area (TPSA) is 45.4 Å². The van der Waals surface area contributed by atoms with Crippen LogP contribution in [0.25, 0.3) is 0 Å². The highest BCUT2D eigenvalue weighted by atomic mass is 16.3. The number of aliphatic hydroxyl groups is 1. The first kappa shape index (κ1) is 12.7. The summed E-state index contributed by atoms with van der Waals surface area (Å²) >= 11 is 0. The van der Waals surface area contributed by atoms with Gasteiger partial charge < -0.3 is 14.8 Å². The van der Waals surface area contributed by atoms with Crippen molar-refractivity contribution in [3.05, 3.63) is 23.7 Å². The maximum atomic E-state index is 8.95. The van der Waals surface area contributed by atoms with E-state index in [1.54, 1.807) is 0 Å². The second-order valence-corrected chi connectivity index (χ2v) is 5.83. The molecule has 0 spiro atoms. The third kappa shape index (κ3) is 3.33. The lowest BCUT2D eigenvalue weighted by Gasteiger charge is -2.24. The van der Waals surface area contributed by atoms with Crippen LogP contribution in [-0.2, 0) is 6.54 Å². The molecule has 1 heterocycles. The summed E-state index contributed by atoms with van der Waals surface area (Å²) < 4.78 is 5.83. The molecule has 1 aliphatic rings. The van der Waals surface area contributed by atoms with Gasteiger partial charge in [-0.3, -0.25) is 0 Å². The van der Waals surface area contributed by atoms with Gasteiger partial charge >= 0.3 is 0 Å². The number of aliphatic hydroxyl groups excluding tert-OH is 1. The average Bonchev–Trinajstić information content (AvgIpc) is 2.79. The minimum absolute atomic E-state index is 0.0470. The van der Waals surface area contributed by atoms with Crippen molar-refractivity contribution in [1.29, 1.82) is 0 Å². The highest BCUT2D eigenvalue weighted by Gasteiger charge is 2.36. The molecule has 17 heavy (non-hydrogen) atoms. The van der Waals surface area contributed by atoms with Gasteiger partial charge in [-0.15, -0.1) is 0 Å². The fourth-order valence-electron chi connectivity index (χ4n) is 2.10. The van der Waals surface area contributed by atoms with Crippen LogP contribution in [0.15, 0.2) is 16.5 Å². The van der Waals surface area contributed by atoms with Crippen LogP contribution >= 0.6 is 0 Å². The molecular weight excluding hydrogens is 214 g/mol. The van der Waals surface area contributed by atoms with Crippen molar-refractivity contribution in [2.75, 3.05) is 6.61 Å². The van der Waals surface area contributed by atoms with Gasteiger partial charge in [-0.05, 0) is 44.7 Å². The summed E-state index contributed by atoms with van der Waals surface area (Å²) in [6.07, 6.45) is 2.01. The largest absolute Gasteiger partial charge is 0.464 e. The zero-order chi connectivity index (χ0) is 12.5. The van der Waals surface area contributed by atoms with Gasteiger partial charge in [0.2, 0.25) is 0 Å². The molecule has 0 saturated heterocycles. The summed E-state index contributed by atoms with van der Waals surface area (Å²) in [5, 5.41) is 12.4. The second-order valence-electron chi connectivity index (χ2n) is 5.83. The monoisotopic (exact) mass is 237 g/mol. The third-order valence-corrected chi connectivity index (χ3v) is 3.64. The summed E-state index contributed by atoms with van der Waals surface area (Å²) in [6, 6.07) is 4.16.